The molecule has 0 bridgehead atoms. The molecule has 130 valence electrons. The maximum atomic E-state index is 12.7. The fraction of sp³-hybridized carbons (Fsp3) is 0.200. The smallest absolute Gasteiger partial charge is 0.369 e. The topological polar surface area (TPSA) is 66.4 Å². The maximum Gasteiger partial charge on any atom is 0.416 e. The Balaban J connectivity index is 2.29. The second-order valence-corrected chi connectivity index (χ2v) is 7.48. The van der Waals surface area contributed by atoms with Gasteiger partial charge in [0, 0.05) is 17.5 Å². The fourth-order valence-corrected chi connectivity index (χ4v) is 3.31. The Hall–Kier alpha value is -1.77. The van der Waals surface area contributed by atoms with Crippen LogP contribution in [0.15, 0.2) is 47.4 Å². The van der Waals surface area contributed by atoms with E-state index >= 15 is 0 Å². The van der Waals surface area contributed by atoms with E-state index in [4.69, 9.17) is 11.6 Å². The van der Waals surface area contributed by atoms with Crippen LogP contribution in [-0.2, 0) is 16.0 Å². The third kappa shape index (κ3) is 4.40. The van der Waals surface area contributed by atoms with Crippen molar-refractivity contribution in [2.24, 2.45) is 0 Å². The highest BCUT2D eigenvalue weighted by Crippen LogP contribution is 2.32. The van der Waals surface area contributed by atoms with E-state index in [0.29, 0.717) is 0 Å². The molecule has 1 unspecified atom stereocenters. The van der Waals surface area contributed by atoms with Crippen molar-refractivity contribution in [3.8, 4) is 0 Å². The van der Waals surface area contributed by atoms with Gasteiger partial charge in [0.2, 0.25) is 0 Å². The van der Waals surface area contributed by atoms with Crippen LogP contribution in [0.25, 0.3) is 0 Å². The quantitative estimate of drug-likeness (QED) is 0.791. The zero-order chi connectivity index (χ0) is 18.1. The summed E-state index contributed by atoms with van der Waals surface area (Å²) in [5, 5.41) is 12.6. The molecular formula is C15H13ClF3NO3S. The Morgan fingerprint density at radius 2 is 1.83 bits per heavy atom. The number of aliphatic hydroxyl groups excluding tert-OH is 1. The van der Waals surface area contributed by atoms with Crippen LogP contribution in [0, 0.1) is 0 Å². The minimum atomic E-state index is -4.51. The Kier molecular flexibility index (Phi) is 5.12. The summed E-state index contributed by atoms with van der Waals surface area (Å²) in [6.45, 7) is 0. The number of rotatable bonds is 4. The summed E-state index contributed by atoms with van der Waals surface area (Å²) in [4.78, 5) is -0.174. The molecule has 2 aromatic rings. The molecule has 0 amide bonds. The second kappa shape index (κ2) is 6.62. The van der Waals surface area contributed by atoms with Crippen LogP contribution in [0.2, 0.25) is 5.02 Å². The summed E-state index contributed by atoms with van der Waals surface area (Å²) < 4.78 is 61.3. The minimum absolute atomic E-state index is 0.00693. The van der Waals surface area contributed by atoms with E-state index in [9.17, 15) is 26.7 Å². The Labute approximate surface area is 141 Å². The van der Waals surface area contributed by atoms with Crippen molar-refractivity contribution in [3.05, 3.63) is 58.6 Å². The third-order valence-electron chi connectivity index (χ3n) is 3.16. The number of anilines is 1. The largest absolute Gasteiger partial charge is 0.416 e. The lowest BCUT2D eigenvalue weighted by Gasteiger charge is -2.17. The number of halogens is 4. The molecule has 0 aliphatic rings. The molecule has 2 N–H and O–H groups in total. The first-order valence-corrected chi connectivity index (χ1v) is 8.87. The van der Waals surface area contributed by atoms with Gasteiger partial charge in [-0.3, -0.25) is 0 Å². The van der Waals surface area contributed by atoms with Gasteiger partial charge in [-0.2, -0.15) is 13.2 Å². The average molecular weight is 380 g/mol. The molecule has 0 spiro atoms. The third-order valence-corrected chi connectivity index (χ3v) is 4.74. The van der Waals surface area contributed by atoms with Gasteiger partial charge >= 0.3 is 6.18 Å². The summed E-state index contributed by atoms with van der Waals surface area (Å²) in [6, 6.07) is 8.14. The van der Waals surface area contributed by atoms with Gasteiger partial charge in [-0.1, -0.05) is 23.7 Å². The number of alkyl halides is 3. The zero-order valence-corrected chi connectivity index (χ0v) is 13.9. The van der Waals surface area contributed by atoms with Gasteiger partial charge in [-0.15, -0.1) is 0 Å². The Bertz CT molecular complexity index is 853. The summed E-state index contributed by atoms with van der Waals surface area (Å²) in [5.74, 6) is 0. The lowest BCUT2D eigenvalue weighted by molar-refractivity contribution is -0.137. The lowest BCUT2D eigenvalue weighted by Crippen LogP contribution is -2.12. The van der Waals surface area contributed by atoms with Crippen LogP contribution in [0.4, 0.5) is 18.9 Å². The molecule has 0 aliphatic carbocycles. The van der Waals surface area contributed by atoms with Gasteiger partial charge < -0.3 is 10.4 Å². The number of sulfone groups is 1. The molecule has 4 nitrogen and oxygen atoms in total. The van der Waals surface area contributed by atoms with Gasteiger partial charge in [0.25, 0.3) is 0 Å². The summed E-state index contributed by atoms with van der Waals surface area (Å²) in [7, 11) is -3.61. The van der Waals surface area contributed by atoms with Crippen LogP contribution in [0.5, 0.6) is 0 Å². The van der Waals surface area contributed by atoms with E-state index in [1.165, 1.54) is 30.3 Å². The number of nitrogens with one attached hydrogen (secondary N) is 1. The molecule has 0 fully saturated rings. The zero-order valence-electron chi connectivity index (χ0n) is 12.3. The van der Waals surface area contributed by atoms with Gasteiger partial charge in [0.1, 0.15) is 0 Å². The van der Waals surface area contributed by atoms with E-state index < -0.39 is 27.8 Å². The van der Waals surface area contributed by atoms with Crippen LogP contribution in [0.1, 0.15) is 17.4 Å². The number of aliphatic hydroxyl groups is 1. The molecule has 0 saturated carbocycles. The molecule has 1 atom stereocenters. The molecule has 0 aromatic heterocycles. The predicted octanol–water partition coefficient (Wildman–Crippen LogP) is 3.87. The van der Waals surface area contributed by atoms with Gasteiger partial charge in [-0.25, -0.2) is 8.42 Å². The highest BCUT2D eigenvalue weighted by Gasteiger charge is 2.30. The molecule has 0 aliphatic heterocycles. The minimum Gasteiger partial charge on any atom is -0.369 e. The van der Waals surface area contributed by atoms with E-state index in [1.54, 1.807) is 0 Å². The van der Waals surface area contributed by atoms with E-state index in [2.05, 4.69) is 5.32 Å². The SMILES string of the molecule is CS(=O)(=O)c1cc(C(O)Nc2cccc(C(F)(F)F)c2)ccc1Cl. The summed E-state index contributed by atoms with van der Waals surface area (Å²) in [6.07, 6.45) is -4.96. The van der Waals surface area contributed by atoms with Crippen LogP contribution in [0.3, 0.4) is 0 Å². The van der Waals surface area contributed by atoms with Crippen molar-refractivity contribution in [2.75, 3.05) is 11.6 Å². The van der Waals surface area contributed by atoms with Crippen molar-refractivity contribution in [1.82, 2.24) is 0 Å². The summed E-state index contributed by atoms with van der Waals surface area (Å²) >= 11 is 5.81. The first-order chi connectivity index (χ1) is 11.0. The fourth-order valence-electron chi connectivity index (χ4n) is 2.00. The van der Waals surface area contributed by atoms with Gasteiger partial charge in [0.05, 0.1) is 15.5 Å². The molecule has 24 heavy (non-hydrogen) atoms. The second-order valence-electron chi connectivity index (χ2n) is 5.09. The molecule has 2 aromatic carbocycles. The molecule has 0 saturated heterocycles. The van der Waals surface area contributed by atoms with E-state index in [-0.39, 0.29) is 21.2 Å². The number of benzene rings is 2. The predicted molar refractivity (Wildman–Crippen MR) is 84.6 cm³/mol. The number of hydrogen-bond donors (Lipinski definition) is 2. The molecule has 9 heteroatoms. The summed E-state index contributed by atoms with van der Waals surface area (Å²) in [5.41, 5.74) is -0.682. The lowest BCUT2D eigenvalue weighted by atomic mass is 10.1. The van der Waals surface area contributed by atoms with Crippen molar-refractivity contribution >= 4 is 27.1 Å². The van der Waals surface area contributed by atoms with Crippen molar-refractivity contribution in [2.45, 2.75) is 17.3 Å². The first-order valence-electron chi connectivity index (χ1n) is 6.60. The number of hydrogen-bond acceptors (Lipinski definition) is 4. The monoisotopic (exact) mass is 379 g/mol. The molecule has 0 heterocycles. The van der Waals surface area contributed by atoms with Gasteiger partial charge in [-0.05, 0) is 30.3 Å². The van der Waals surface area contributed by atoms with E-state index in [1.807, 2.05) is 0 Å². The van der Waals surface area contributed by atoms with Crippen LogP contribution in [-0.4, -0.2) is 19.8 Å². The average Bonchev–Trinajstić information content (AvgIpc) is 2.45. The molecule has 2 rings (SSSR count). The van der Waals surface area contributed by atoms with Crippen molar-refractivity contribution in [1.29, 1.82) is 0 Å². The Morgan fingerprint density at radius 3 is 2.42 bits per heavy atom. The molecular weight excluding hydrogens is 367 g/mol. The van der Waals surface area contributed by atoms with Crippen LogP contribution < -0.4 is 5.32 Å². The molecule has 0 radical (unpaired) electrons. The van der Waals surface area contributed by atoms with E-state index in [0.717, 1.165) is 18.4 Å². The van der Waals surface area contributed by atoms with Crippen molar-refractivity contribution < 1.29 is 26.7 Å². The highest BCUT2D eigenvalue weighted by molar-refractivity contribution is 7.90. The first kappa shape index (κ1) is 18.6. The highest BCUT2D eigenvalue weighted by atomic mass is 35.5. The standard InChI is InChI=1S/C15H13ClF3NO3S/c1-24(22,23)13-7-9(5-6-12(13)16)14(21)20-11-4-2-3-10(8-11)15(17,18)19/h2-8,14,20-21H,1H3. The van der Waals surface area contributed by atoms with Gasteiger partial charge in [0.15, 0.2) is 16.1 Å². The van der Waals surface area contributed by atoms with Crippen LogP contribution >= 0.6 is 11.6 Å². The Morgan fingerprint density at radius 1 is 1.17 bits per heavy atom. The normalized spacial score (nSPS) is 13.6. The van der Waals surface area contributed by atoms with Crippen molar-refractivity contribution in [3.63, 3.8) is 0 Å². The maximum absolute atomic E-state index is 12.7.